The fourth-order valence-electron chi connectivity index (χ4n) is 2.79. The Morgan fingerprint density at radius 3 is 2.82 bits per heavy atom. The van der Waals surface area contributed by atoms with E-state index in [2.05, 4.69) is 18.0 Å². The van der Waals surface area contributed by atoms with E-state index in [1.54, 1.807) is 4.90 Å². The molecule has 120 valence electrons. The number of aromatic nitrogens is 1. The van der Waals surface area contributed by atoms with Crippen molar-refractivity contribution in [3.05, 3.63) is 36.0 Å². The maximum Gasteiger partial charge on any atom is 0.239 e. The van der Waals surface area contributed by atoms with E-state index in [1.165, 1.54) is 19.3 Å². The molecule has 0 unspecified atom stereocenters. The first-order chi connectivity index (χ1) is 10.6. The van der Waals surface area contributed by atoms with Crippen LogP contribution in [0.4, 0.5) is 0 Å². The van der Waals surface area contributed by atoms with Crippen molar-refractivity contribution < 1.29 is 4.79 Å². The zero-order chi connectivity index (χ0) is 15.9. The average Bonchev–Trinajstić information content (AvgIpc) is 2.94. The molecule has 1 aromatic carbocycles. The van der Waals surface area contributed by atoms with Crippen molar-refractivity contribution in [3.63, 3.8) is 0 Å². The van der Waals surface area contributed by atoms with Crippen molar-refractivity contribution in [2.24, 2.45) is 5.73 Å². The fourth-order valence-corrected chi connectivity index (χ4v) is 2.79. The summed E-state index contributed by atoms with van der Waals surface area (Å²) in [6.45, 7) is 2.98. The summed E-state index contributed by atoms with van der Waals surface area (Å²) in [4.78, 5) is 17.4. The van der Waals surface area contributed by atoms with Crippen LogP contribution in [-0.2, 0) is 11.2 Å². The third-order valence-corrected chi connectivity index (χ3v) is 4.16. The van der Waals surface area contributed by atoms with Crippen LogP contribution in [0.5, 0.6) is 0 Å². The number of nitrogens with zero attached hydrogens (tertiary/aromatic N) is 1. The Morgan fingerprint density at radius 2 is 2.05 bits per heavy atom. The van der Waals surface area contributed by atoms with Gasteiger partial charge in [0.05, 0.1) is 6.04 Å². The van der Waals surface area contributed by atoms with Crippen molar-refractivity contribution >= 4 is 16.8 Å². The molecule has 0 spiro atoms. The smallest absolute Gasteiger partial charge is 0.239 e. The predicted molar refractivity (Wildman–Crippen MR) is 91.8 cm³/mol. The van der Waals surface area contributed by atoms with Crippen molar-refractivity contribution in [1.82, 2.24) is 9.88 Å². The van der Waals surface area contributed by atoms with E-state index in [9.17, 15) is 4.79 Å². The van der Waals surface area contributed by atoms with Gasteiger partial charge in [0.2, 0.25) is 5.91 Å². The number of unbranched alkanes of at least 4 members (excludes halogenated alkanes) is 3. The number of nitrogens with two attached hydrogens (primary N) is 1. The first kappa shape index (κ1) is 16.6. The van der Waals surface area contributed by atoms with Gasteiger partial charge in [-0.3, -0.25) is 4.79 Å². The zero-order valence-corrected chi connectivity index (χ0v) is 13.6. The fraction of sp³-hybridized carbons (Fsp3) is 0.500. The number of benzene rings is 1. The quantitative estimate of drug-likeness (QED) is 0.736. The van der Waals surface area contributed by atoms with Crippen LogP contribution in [0.15, 0.2) is 30.5 Å². The molecule has 0 saturated heterocycles. The van der Waals surface area contributed by atoms with E-state index in [-0.39, 0.29) is 5.91 Å². The summed E-state index contributed by atoms with van der Waals surface area (Å²) in [6.07, 6.45) is 7.18. The molecule has 4 nitrogen and oxygen atoms in total. The van der Waals surface area contributed by atoms with Crippen molar-refractivity contribution in [1.29, 1.82) is 0 Å². The van der Waals surface area contributed by atoms with E-state index in [0.29, 0.717) is 6.42 Å². The molecule has 2 aromatic rings. The highest BCUT2D eigenvalue weighted by molar-refractivity contribution is 5.86. The molecule has 0 bridgehead atoms. The number of para-hydroxylation sites is 1. The highest BCUT2D eigenvalue weighted by Crippen LogP contribution is 2.19. The molecule has 0 aliphatic carbocycles. The van der Waals surface area contributed by atoms with Crippen LogP contribution < -0.4 is 5.73 Å². The molecule has 0 radical (unpaired) electrons. The third-order valence-electron chi connectivity index (χ3n) is 4.16. The topological polar surface area (TPSA) is 62.1 Å². The third kappa shape index (κ3) is 4.10. The van der Waals surface area contributed by atoms with Crippen molar-refractivity contribution in [3.8, 4) is 0 Å². The second-order valence-electron chi connectivity index (χ2n) is 5.99. The van der Waals surface area contributed by atoms with Gasteiger partial charge in [-0.05, 0) is 24.5 Å². The Morgan fingerprint density at radius 1 is 1.27 bits per heavy atom. The molecule has 3 N–H and O–H groups in total. The number of carbonyl (C=O) groups excluding carboxylic acids is 1. The van der Waals surface area contributed by atoms with E-state index in [1.807, 2.05) is 31.4 Å². The minimum Gasteiger partial charge on any atom is -0.361 e. The SMILES string of the molecule is CCCCCCN(C)C(=O)[C@@H](N)Cc1c[nH]c2ccccc12. The number of carbonyl (C=O) groups is 1. The lowest BCUT2D eigenvalue weighted by Gasteiger charge is -2.21. The molecule has 2 rings (SSSR count). The summed E-state index contributed by atoms with van der Waals surface area (Å²) in [5.74, 6) is 0.0294. The molecule has 22 heavy (non-hydrogen) atoms. The number of rotatable bonds is 8. The molecule has 1 heterocycles. The Bertz CT molecular complexity index is 605. The van der Waals surface area contributed by atoms with Gasteiger partial charge in [0.1, 0.15) is 0 Å². The van der Waals surface area contributed by atoms with Gasteiger partial charge in [0.25, 0.3) is 0 Å². The van der Waals surface area contributed by atoms with Gasteiger partial charge in [0, 0.05) is 30.7 Å². The number of H-pyrrole nitrogens is 1. The maximum absolute atomic E-state index is 12.4. The molecule has 1 aromatic heterocycles. The van der Waals surface area contributed by atoms with Crippen LogP contribution >= 0.6 is 0 Å². The summed E-state index contributed by atoms with van der Waals surface area (Å²) in [5, 5.41) is 1.15. The second kappa shape index (κ2) is 7.99. The Hall–Kier alpha value is -1.81. The summed E-state index contributed by atoms with van der Waals surface area (Å²) in [6, 6.07) is 7.62. The van der Waals surface area contributed by atoms with E-state index < -0.39 is 6.04 Å². The predicted octanol–water partition coefficient (Wildman–Crippen LogP) is 3.08. The van der Waals surface area contributed by atoms with Gasteiger partial charge < -0.3 is 15.6 Å². The first-order valence-corrected chi connectivity index (χ1v) is 8.19. The largest absolute Gasteiger partial charge is 0.361 e. The van der Waals surface area contributed by atoms with E-state index in [0.717, 1.165) is 29.4 Å². The van der Waals surface area contributed by atoms with Gasteiger partial charge in [-0.2, -0.15) is 0 Å². The zero-order valence-electron chi connectivity index (χ0n) is 13.6. The number of hydrogen-bond donors (Lipinski definition) is 2. The lowest BCUT2D eigenvalue weighted by molar-refractivity contribution is -0.131. The molecular formula is C18H27N3O. The molecule has 0 aliphatic heterocycles. The van der Waals surface area contributed by atoms with Gasteiger partial charge in [-0.25, -0.2) is 0 Å². The van der Waals surface area contributed by atoms with Crippen LogP contribution in [0.25, 0.3) is 10.9 Å². The molecular weight excluding hydrogens is 274 g/mol. The number of nitrogens with one attached hydrogen (secondary N) is 1. The summed E-state index contributed by atoms with van der Waals surface area (Å²) < 4.78 is 0. The number of amides is 1. The van der Waals surface area contributed by atoms with Crippen LogP contribution in [0.1, 0.15) is 38.2 Å². The first-order valence-electron chi connectivity index (χ1n) is 8.19. The monoisotopic (exact) mass is 301 g/mol. The number of likely N-dealkylation sites (N-methyl/N-ethyl adjacent to an activating group) is 1. The Kier molecular flexibility index (Phi) is 6.01. The standard InChI is InChI=1S/C18H27N3O/c1-3-4-5-8-11-21(2)18(22)16(19)12-14-13-20-17-10-7-6-9-15(14)17/h6-7,9-10,13,16,20H,3-5,8,11-12,19H2,1-2H3/t16-/m0/s1. The number of hydrogen-bond acceptors (Lipinski definition) is 2. The average molecular weight is 301 g/mol. The molecule has 1 amide bonds. The lowest BCUT2D eigenvalue weighted by atomic mass is 10.0. The van der Waals surface area contributed by atoms with E-state index in [4.69, 9.17) is 5.73 Å². The summed E-state index contributed by atoms with van der Waals surface area (Å²) >= 11 is 0. The van der Waals surface area contributed by atoms with Gasteiger partial charge in [-0.1, -0.05) is 44.4 Å². The van der Waals surface area contributed by atoms with Crippen LogP contribution in [0, 0.1) is 0 Å². The molecule has 0 saturated carbocycles. The van der Waals surface area contributed by atoms with Gasteiger partial charge >= 0.3 is 0 Å². The van der Waals surface area contributed by atoms with Crippen LogP contribution in [0.2, 0.25) is 0 Å². The molecule has 1 atom stereocenters. The maximum atomic E-state index is 12.4. The van der Waals surface area contributed by atoms with E-state index >= 15 is 0 Å². The van der Waals surface area contributed by atoms with Crippen molar-refractivity contribution in [2.45, 2.75) is 45.1 Å². The Labute approximate surface area is 132 Å². The normalized spacial score (nSPS) is 12.5. The van der Waals surface area contributed by atoms with Crippen LogP contribution in [0.3, 0.4) is 0 Å². The second-order valence-corrected chi connectivity index (χ2v) is 5.99. The lowest BCUT2D eigenvalue weighted by Crippen LogP contribution is -2.43. The summed E-state index contributed by atoms with van der Waals surface area (Å²) in [7, 11) is 1.85. The molecule has 0 fully saturated rings. The van der Waals surface area contributed by atoms with Gasteiger partial charge in [-0.15, -0.1) is 0 Å². The number of fused-ring (bicyclic) bond motifs is 1. The molecule has 0 aliphatic rings. The highest BCUT2D eigenvalue weighted by Gasteiger charge is 2.19. The number of aromatic amines is 1. The summed E-state index contributed by atoms with van der Waals surface area (Å²) in [5.41, 5.74) is 8.32. The highest BCUT2D eigenvalue weighted by atomic mass is 16.2. The minimum atomic E-state index is -0.476. The van der Waals surface area contributed by atoms with Crippen LogP contribution in [-0.4, -0.2) is 35.4 Å². The van der Waals surface area contributed by atoms with Gasteiger partial charge in [0.15, 0.2) is 0 Å². The Balaban J connectivity index is 1.90. The minimum absolute atomic E-state index is 0.0294. The van der Waals surface area contributed by atoms with Crippen molar-refractivity contribution in [2.75, 3.05) is 13.6 Å². The molecule has 4 heteroatoms.